The summed E-state index contributed by atoms with van der Waals surface area (Å²) in [6.45, 7) is 4.01. The maximum absolute atomic E-state index is 4.81. The highest BCUT2D eigenvalue weighted by atomic mass is 15.4. The molecule has 0 spiro atoms. The number of rotatable bonds is 5. The van der Waals surface area contributed by atoms with Crippen LogP contribution in [0.25, 0.3) is 10.9 Å². The number of para-hydroxylation sites is 1. The molecule has 8 nitrogen and oxygen atoms in total. The molecular weight excluding hydrogens is 376 g/mol. The van der Waals surface area contributed by atoms with Crippen molar-refractivity contribution < 1.29 is 0 Å². The monoisotopic (exact) mass is 404 g/mol. The first-order chi connectivity index (χ1) is 14.9. The average molecular weight is 405 g/mol. The number of piperidine rings is 2. The SMILES string of the molecule is C(=N/Nc1nc(N2CCCCC2)nc(N2CCCCC2)n1)/c1c[nH]c2ccccc12. The van der Waals surface area contributed by atoms with Crippen LogP contribution in [0.15, 0.2) is 35.6 Å². The highest BCUT2D eigenvalue weighted by Crippen LogP contribution is 2.22. The zero-order chi connectivity index (χ0) is 20.2. The summed E-state index contributed by atoms with van der Waals surface area (Å²) >= 11 is 0. The molecule has 2 aliphatic heterocycles. The Morgan fingerprint density at radius 2 is 1.47 bits per heavy atom. The van der Waals surface area contributed by atoms with Crippen LogP contribution in [0.2, 0.25) is 0 Å². The first-order valence-electron chi connectivity index (χ1n) is 11.0. The molecule has 8 heteroatoms. The molecule has 0 amide bonds. The number of hydrogen-bond donors (Lipinski definition) is 2. The smallest absolute Gasteiger partial charge is 0.250 e. The van der Waals surface area contributed by atoms with Crippen LogP contribution in [0.4, 0.5) is 17.8 Å². The molecule has 0 unspecified atom stereocenters. The summed E-state index contributed by atoms with van der Waals surface area (Å²) in [5, 5.41) is 5.56. The minimum Gasteiger partial charge on any atom is -0.361 e. The molecule has 0 saturated carbocycles. The van der Waals surface area contributed by atoms with Gasteiger partial charge in [0.05, 0.1) is 6.21 Å². The van der Waals surface area contributed by atoms with E-state index in [1.165, 1.54) is 38.5 Å². The van der Waals surface area contributed by atoms with E-state index < -0.39 is 0 Å². The zero-order valence-corrected chi connectivity index (χ0v) is 17.2. The quantitative estimate of drug-likeness (QED) is 0.497. The van der Waals surface area contributed by atoms with Crippen molar-refractivity contribution in [2.24, 2.45) is 5.10 Å². The predicted octanol–water partition coefficient (Wildman–Crippen LogP) is 3.78. The molecular formula is C22H28N8. The second-order valence-corrected chi connectivity index (χ2v) is 8.01. The Bertz CT molecular complexity index is 979. The van der Waals surface area contributed by atoms with E-state index >= 15 is 0 Å². The molecule has 0 bridgehead atoms. The molecule has 30 heavy (non-hydrogen) atoms. The van der Waals surface area contributed by atoms with Crippen molar-refractivity contribution in [3.63, 3.8) is 0 Å². The van der Waals surface area contributed by atoms with E-state index in [-0.39, 0.29) is 0 Å². The van der Waals surface area contributed by atoms with Gasteiger partial charge in [-0.1, -0.05) is 18.2 Å². The lowest BCUT2D eigenvalue weighted by Gasteiger charge is -2.30. The highest BCUT2D eigenvalue weighted by molar-refractivity contribution is 5.99. The lowest BCUT2D eigenvalue weighted by molar-refractivity contribution is 0.556. The van der Waals surface area contributed by atoms with E-state index in [1.54, 1.807) is 0 Å². The van der Waals surface area contributed by atoms with Gasteiger partial charge in [0.1, 0.15) is 0 Å². The van der Waals surface area contributed by atoms with Crippen molar-refractivity contribution in [2.75, 3.05) is 41.4 Å². The average Bonchev–Trinajstić information content (AvgIpc) is 3.23. The molecule has 2 fully saturated rings. The second-order valence-electron chi connectivity index (χ2n) is 8.01. The summed E-state index contributed by atoms with van der Waals surface area (Å²) < 4.78 is 0. The summed E-state index contributed by atoms with van der Waals surface area (Å²) in [7, 11) is 0. The molecule has 1 aromatic carbocycles. The Hall–Kier alpha value is -3.16. The third kappa shape index (κ3) is 4.08. The van der Waals surface area contributed by atoms with Gasteiger partial charge in [-0.2, -0.15) is 20.1 Å². The first-order valence-corrected chi connectivity index (χ1v) is 11.0. The molecule has 5 rings (SSSR count). The van der Waals surface area contributed by atoms with Gasteiger partial charge >= 0.3 is 0 Å². The standard InChI is InChI=1S/C22H28N8/c1-5-11-29(12-6-1)21-25-20(26-22(27-21)30-13-7-2-8-14-30)28-24-16-17-15-23-19-10-4-3-9-18(17)19/h3-4,9-10,15-16,23H,1-2,5-8,11-14H2,(H,25,26,27,28)/b24-16-. The van der Waals surface area contributed by atoms with Gasteiger partial charge in [-0.15, -0.1) is 0 Å². The lowest BCUT2D eigenvalue weighted by atomic mass is 10.1. The van der Waals surface area contributed by atoms with Crippen molar-refractivity contribution in [1.29, 1.82) is 0 Å². The van der Waals surface area contributed by atoms with Crippen LogP contribution >= 0.6 is 0 Å². The highest BCUT2D eigenvalue weighted by Gasteiger charge is 2.20. The van der Waals surface area contributed by atoms with Crippen molar-refractivity contribution >= 4 is 35.0 Å². The van der Waals surface area contributed by atoms with E-state index in [0.29, 0.717) is 5.95 Å². The van der Waals surface area contributed by atoms with Gasteiger partial charge in [-0.25, -0.2) is 5.43 Å². The van der Waals surface area contributed by atoms with Crippen molar-refractivity contribution in [2.45, 2.75) is 38.5 Å². The molecule has 2 aliphatic rings. The zero-order valence-electron chi connectivity index (χ0n) is 17.2. The van der Waals surface area contributed by atoms with Crippen molar-refractivity contribution in [3.05, 3.63) is 36.0 Å². The maximum Gasteiger partial charge on any atom is 0.250 e. The van der Waals surface area contributed by atoms with E-state index in [4.69, 9.17) is 4.98 Å². The number of fused-ring (bicyclic) bond motifs is 1. The fourth-order valence-electron chi connectivity index (χ4n) is 4.23. The molecule has 2 saturated heterocycles. The Labute approximate surface area is 176 Å². The molecule has 0 radical (unpaired) electrons. The minimum atomic E-state index is 0.502. The van der Waals surface area contributed by atoms with Crippen LogP contribution in [0.1, 0.15) is 44.1 Å². The molecule has 2 aromatic heterocycles. The number of nitrogens with zero attached hydrogens (tertiary/aromatic N) is 6. The molecule has 156 valence electrons. The topological polar surface area (TPSA) is 85.3 Å². The number of nitrogens with one attached hydrogen (secondary N) is 2. The lowest BCUT2D eigenvalue weighted by Crippen LogP contribution is -2.34. The molecule has 2 N–H and O–H groups in total. The van der Waals surface area contributed by atoms with Gasteiger partial charge in [0, 0.05) is 48.8 Å². The first kappa shape index (κ1) is 18.8. The fourth-order valence-corrected chi connectivity index (χ4v) is 4.23. The van der Waals surface area contributed by atoms with Crippen molar-refractivity contribution in [1.82, 2.24) is 19.9 Å². The Balaban J connectivity index is 1.39. The molecule has 0 aliphatic carbocycles. The molecule has 4 heterocycles. The van der Waals surface area contributed by atoms with Gasteiger partial charge in [-0.05, 0) is 44.6 Å². The summed E-state index contributed by atoms with van der Waals surface area (Å²) in [4.78, 5) is 22.0. The van der Waals surface area contributed by atoms with Crippen LogP contribution < -0.4 is 15.2 Å². The number of H-pyrrole nitrogens is 1. The summed E-state index contributed by atoms with van der Waals surface area (Å²) in [5.41, 5.74) is 5.17. The van der Waals surface area contributed by atoms with Gasteiger partial charge in [0.25, 0.3) is 0 Å². The molecule has 0 atom stereocenters. The van der Waals surface area contributed by atoms with Crippen molar-refractivity contribution in [3.8, 4) is 0 Å². The third-order valence-electron chi connectivity index (χ3n) is 5.88. The van der Waals surface area contributed by atoms with Gasteiger partial charge < -0.3 is 14.8 Å². The number of anilines is 3. The molecule has 3 aromatic rings. The largest absolute Gasteiger partial charge is 0.361 e. The summed E-state index contributed by atoms with van der Waals surface area (Å²) in [6.07, 6.45) is 11.1. The maximum atomic E-state index is 4.81. The Morgan fingerprint density at radius 1 is 0.833 bits per heavy atom. The number of hydrazone groups is 1. The van der Waals surface area contributed by atoms with Gasteiger partial charge in [-0.3, -0.25) is 0 Å². The van der Waals surface area contributed by atoms with E-state index in [1.807, 2.05) is 24.5 Å². The van der Waals surface area contributed by atoms with Gasteiger partial charge in [0.15, 0.2) is 0 Å². The van der Waals surface area contributed by atoms with Crippen LogP contribution in [-0.2, 0) is 0 Å². The van der Waals surface area contributed by atoms with Crippen LogP contribution in [0, 0.1) is 0 Å². The number of aromatic nitrogens is 4. The second kappa shape index (κ2) is 8.69. The third-order valence-corrected chi connectivity index (χ3v) is 5.88. The minimum absolute atomic E-state index is 0.502. The Kier molecular flexibility index (Phi) is 5.46. The van der Waals surface area contributed by atoms with Crippen LogP contribution in [0.3, 0.4) is 0 Å². The van der Waals surface area contributed by atoms with Crippen LogP contribution in [-0.4, -0.2) is 52.3 Å². The van der Waals surface area contributed by atoms with Crippen LogP contribution in [0.5, 0.6) is 0 Å². The number of aromatic amines is 1. The van der Waals surface area contributed by atoms with E-state index in [0.717, 1.165) is 54.5 Å². The fraction of sp³-hybridized carbons (Fsp3) is 0.455. The predicted molar refractivity (Wildman–Crippen MR) is 121 cm³/mol. The van der Waals surface area contributed by atoms with E-state index in [2.05, 4.69) is 47.4 Å². The van der Waals surface area contributed by atoms with E-state index in [9.17, 15) is 0 Å². The Morgan fingerprint density at radius 3 is 2.13 bits per heavy atom. The normalized spacial score (nSPS) is 17.7. The summed E-state index contributed by atoms with van der Waals surface area (Å²) in [5.74, 6) is 2.02. The number of benzene rings is 1. The number of hydrogen-bond acceptors (Lipinski definition) is 7. The van der Waals surface area contributed by atoms with Gasteiger partial charge in [0.2, 0.25) is 17.8 Å². The summed E-state index contributed by atoms with van der Waals surface area (Å²) in [6, 6.07) is 8.19.